The smallest absolute Gasteiger partial charge is 0.239 e. The Morgan fingerprint density at radius 1 is 1.13 bits per heavy atom. The van der Waals surface area contributed by atoms with Crippen molar-refractivity contribution >= 4 is 47.5 Å². The van der Waals surface area contributed by atoms with E-state index in [1.807, 2.05) is 31.2 Å². The Labute approximate surface area is 148 Å². The number of fused-ring (bicyclic) bond motifs is 1. The zero-order chi connectivity index (χ0) is 16.6. The van der Waals surface area contributed by atoms with E-state index in [0.29, 0.717) is 0 Å². The lowest BCUT2D eigenvalue weighted by Gasteiger charge is -2.22. The highest BCUT2D eigenvalue weighted by atomic mass is 79.9. The number of nitrogens with zero attached hydrogens (tertiary/aromatic N) is 2. The van der Waals surface area contributed by atoms with E-state index in [1.165, 1.54) is 15.6 Å². The predicted molar refractivity (Wildman–Crippen MR) is 97.1 cm³/mol. The maximum atomic E-state index is 12.8. The van der Waals surface area contributed by atoms with E-state index in [2.05, 4.69) is 20.9 Å². The summed E-state index contributed by atoms with van der Waals surface area (Å²) in [5.74, 6) is 0. The molecule has 0 aliphatic heterocycles. The average molecular weight is 411 g/mol. The number of thiazole rings is 1. The van der Waals surface area contributed by atoms with Gasteiger partial charge in [-0.15, -0.1) is 11.3 Å². The summed E-state index contributed by atoms with van der Waals surface area (Å²) in [6, 6.07) is 14.1. The van der Waals surface area contributed by atoms with Crippen LogP contribution in [0.3, 0.4) is 0 Å². The van der Waals surface area contributed by atoms with Crippen molar-refractivity contribution in [1.29, 1.82) is 0 Å². The Bertz CT molecular complexity index is 903. The number of rotatable bonds is 4. The molecule has 0 radical (unpaired) electrons. The topological polar surface area (TPSA) is 50.3 Å². The molecule has 3 rings (SSSR count). The summed E-state index contributed by atoms with van der Waals surface area (Å²) >= 11 is 4.84. The Morgan fingerprint density at radius 2 is 1.78 bits per heavy atom. The van der Waals surface area contributed by atoms with Gasteiger partial charge in [-0.2, -0.15) is 4.31 Å². The first kappa shape index (κ1) is 16.6. The van der Waals surface area contributed by atoms with E-state index < -0.39 is 10.0 Å². The molecular weight excluding hydrogens is 396 g/mol. The molecule has 0 N–H and O–H groups in total. The summed E-state index contributed by atoms with van der Waals surface area (Å²) in [6.07, 6.45) is 0. The molecule has 4 nitrogen and oxygen atoms in total. The molecule has 1 atom stereocenters. The first-order valence-corrected chi connectivity index (χ1v) is 10.0. The largest absolute Gasteiger partial charge is 0.243 e. The third-order valence-corrected chi connectivity index (χ3v) is 7.38. The van der Waals surface area contributed by atoms with Crippen molar-refractivity contribution in [2.75, 3.05) is 7.05 Å². The quantitative estimate of drug-likeness (QED) is 0.638. The molecule has 0 fully saturated rings. The molecular formula is C16H15BrN2O2S2. The fourth-order valence-electron chi connectivity index (χ4n) is 2.21. The molecule has 0 unspecified atom stereocenters. The molecule has 1 heterocycles. The minimum absolute atomic E-state index is 0.274. The SMILES string of the molecule is C[C@H](c1nc2ccccc2s1)N(C)S(=O)(=O)c1ccc(Br)cc1. The lowest BCUT2D eigenvalue weighted by Crippen LogP contribution is -2.29. The summed E-state index contributed by atoms with van der Waals surface area (Å²) in [5, 5.41) is 0.786. The van der Waals surface area contributed by atoms with Gasteiger partial charge in [0.05, 0.1) is 21.2 Å². The van der Waals surface area contributed by atoms with Crippen molar-refractivity contribution in [2.45, 2.75) is 17.9 Å². The third kappa shape index (κ3) is 3.19. The molecule has 23 heavy (non-hydrogen) atoms. The van der Waals surface area contributed by atoms with Gasteiger partial charge in [-0.1, -0.05) is 28.1 Å². The van der Waals surface area contributed by atoms with Gasteiger partial charge in [0.25, 0.3) is 0 Å². The molecule has 0 saturated carbocycles. The fraction of sp³-hybridized carbons (Fsp3) is 0.188. The summed E-state index contributed by atoms with van der Waals surface area (Å²) in [7, 11) is -1.97. The van der Waals surface area contributed by atoms with E-state index in [0.717, 1.165) is 19.7 Å². The van der Waals surface area contributed by atoms with Crippen LogP contribution in [0.2, 0.25) is 0 Å². The number of halogens is 1. The van der Waals surface area contributed by atoms with Gasteiger partial charge >= 0.3 is 0 Å². The van der Waals surface area contributed by atoms with Gasteiger partial charge < -0.3 is 0 Å². The monoisotopic (exact) mass is 410 g/mol. The normalized spacial score (nSPS) is 13.6. The van der Waals surface area contributed by atoms with Crippen molar-refractivity contribution in [1.82, 2.24) is 9.29 Å². The van der Waals surface area contributed by atoms with Gasteiger partial charge in [0.1, 0.15) is 5.01 Å². The van der Waals surface area contributed by atoms with Crippen LogP contribution in [0.15, 0.2) is 57.9 Å². The summed E-state index contributed by atoms with van der Waals surface area (Å²) in [6.45, 7) is 1.86. The van der Waals surface area contributed by atoms with Gasteiger partial charge in [0, 0.05) is 11.5 Å². The Morgan fingerprint density at radius 3 is 2.43 bits per heavy atom. The van der Waals surface area contributed by atoms with Crippen molar-refractivity contribution in [2.24, 2.45) is 0 Å². The van der Waals surface area contributed by atoms with Gasteiger partial charge in [0.15, 0.2) is 0 Å². The number of hydrogen-bond donors (Lipinski definition) is 0. The second-order valence-corrected chi connectivity index (χ2v) is 9.15. The Hall–Kier alpha value is -1.28. The number of para-hydroxylation sites is 1. The van der Waals surface area contributed by atoms with Gasteiger partial charge in [-0.3, -0.25) is 0 Å². The lowest BCUT2D eigenvalue weighted by atomic mass is 10.3. The van der Waals surface area contributed by atoms with Gasteiger partial charge in [-0.05, 0) is 43.3 Å². The highest BCUT2D eigenvalue weighted by molar-refractivity contribution is 9.10. The van der Waals surface area contributed by atoms with Gasteiger partial charge in [-0.25, -0.2) is 13.4 Å². The van der Waals surface area contributed by atoms with Crippen LogP contribution in [0.5, 0.6) is 0 Å². The number of benzene rings is 2. The zero-order valence-electron chi connectivity index (χ0n) is 12.6. The second-order valence-electron chi connectivity index (χ2n) is 5.17. The molecule has 0 bridgehead atoms. The maximum absolute atomic E-state index is 12.8. The van der Waals surface area contributed by atoms with Crippen molar-refractivity contribution in [3.05, 3.63) is 58.0 Å². The molecule has 1 aromatic heterocycles. The summed E-state index contributed by atoms with van der Waals surface area (Å²) < 4.78 is 28.8. The minimum Gasteiger partial charge on any atom is -0.239 e. The van der Waals surface area contributed by atoms with Crippen LogP contribution in [0, 0.1) is 0 Å². The molecule has 0 saturated heterocycles. The minimum atomic E-state index is -3.56. The first-order valence-electron chi connectivity index (χ1n) is 6.98. The van der Waals surface area contributed by atoms with Gasteiger partial charge in [0.2, 0.25) is 10.0 Å². The van der Waals surface area contributed by atoms with Crippen LogP contribution in [0.4, 0.5) is 0 Å². The van der Waals surface area contributed by atoms with Crippen LogP contribution >= 0.6 is 27.3 Å². The highest BCUT2D eigenvalue weighted by Gasteiger charge is 2.28. The van der Waals surface area contributed by atoms with Crippen LogP contribution in [-0.4, -0.2) is 24.8 Å². The Kier molecular flexibility index (Phi) is 4.55. The molecule has 2 aromatic carbocycles. The molecule has 0 aliphatic rings. The Balaban J connectivity index is 1.94. The van der Waals surface area contributed by atoms with Crippen molar-refractivity contribution in [3.8, 4) is 0 Å². The van der Waals surface area contributed by atoms with Crippen LogP contribution in [0.1, 0.15) is 18.0 Å². The second kappa shape index (κ2) is 6.32. The molecule has 7 heteroatoms. The highest BCUT2D eigenvalue weighted by Crippen LogP contribution is 2.31. The predicted octanol–water partition coefficient (Wildman–Crippen LogP) is 4.44. The number of sulfonamides is 1. The standard InChI is InChI=1S/C16H15BrN2O2S2/c1-11(16-18-14-5-3-4-6-15(14)22-16)19(2)23(20,21)13-9-7-12(17)8-10-13/h3-11H,1-2H3/t11-/m1/s1. The number of hydrogen-bond acceptors (Lipinski definition) is 4. The van der Waals surface area contributed by atoms with E-state index in [1.54, 1.807) is 31.3 Å². The summed E-state index contributed by atoms with van der Waals surface area (Å²) in [4.78, 5) is 4.83. The van der Waals surface area contributed by atoms with E-state index in [-0.39, 0.29) is 10.9 Å². The molecule has 120 valence electrons. The van der Waals surface area contributed by atoms with Crippen LogP contribution < -0.4 is 0 Å². The average Bonchev–Trinajstić information content (AvgIpc) is 2.98. The van der Waals surface area contributed by atoms with Crippen LogP contribution in [0.25, 0.3) is 10.2 Å². The fourth-order valence-corrected chi connectivity index (χ4v) is 4.93. The molecule has 0 spiro atoms. The molecule has 0 aliphatic carbocycles. The van der Waals surface area contributed by atoms with Crippen molar-refractivity contribution in [3.63, 3.8) is 0 Å². The van der Waals surface area contributed by atoms with Crippen molar-refractivity contribution < 1.29 is 8.42 Å². The zero-order valence-corrected chi connectivity index (χ0v) is 15.8. The number of aromatic nitrogens is 1. The first-order chi connectivity index (χ1) is 10.9. The third-order valence-electron chi connectivity index (χ3n) is 3.70. The van der Waals surface area contributed by atoms with Crippen LogP contribution in [-0.2, 0) is 10.0 Å². The van der Waals surface area contributed by atoms with E-state index in [4.69, 9.17) is 0 Å². The summed E-state index contributed by atoms with van der Waals surface area (Å²) in [5.41, 5.74) is 0.897. The van der Waals surface area contributed by atoms with E-state index in [9.17, 15) is 8.42 Å². The lowest BCUT2D eigenvalue weighted by molar-refractivity contribution is 0.398. The maximum Gasteiger partial charge on any atom is 0.243 e. The molecule has 3 aromatic rings. The molecule has 0 amide bonds. The van der Waals surface area contributed by atoms with E-state index >= 15 is 0 Å².